The number of unbranched alkanes of at least 4 members (excludes halogenated alkanes) is 3. The maximum absolute atomic E-state index is 9.27. The zero-order valence-corrected chi connectivity index (χ0v) is 9.03. The Morgan fingerprint density at radius 3 is 2.07 bits per heavy atom. The largest absolute Gasteiger partial charge is 0.504 e. The lowest BCUT2D eigenvalue weighted by Gasteiger charge is -2.05. The molecule has 3 N–H and O–H groups in total. The van der Waals surface area contributed by atoms with Crippen molar-refractivity contribution >= 4 is 0 Å². The fourth-order valence-electron chi connectivity index (χ4n) is 1.56. The average molecular weight is 210 g/mol. The van der Waals surface area contributed by atoms with Gasteiger partial charge in [0, 0.05) is 0 Å². The molecule has 0 aliphatic carbocycles. The monoisotopic (exact) mass is 210 g/mol. The van der Waals surface area contributed by atoms with Crippen LogP contribution in [0.25, 0.3) is 0 Å². The number of phenolic OH excluding ortho intramolecular Hbond substituents is 3. The minimum Gasteiger partial charge on any atom is -0.504 e. The summed E-state index contributed by atoms with van der Waals surface area (Å²) in [7, 11) is 0. The van der Waals surface area contributed by atoms with Crippen molar-refractivity contribution in [1.82, 2.24) is 0 Å². The molecule has 0 aromatic heterocycles. The smallest absolute Gasteiger partial charge is 0.200 e. The Hall–Kier alpha value is -1.38. The summed E-state index contributed by atoms with van der Waals surface area (Å²) < 4.78 is 0. The van der Waals surface area contributed by atoms with Gasteiger partial charge < -0.3 is 15.3 Å². The van der Waals surface area contributed by atoms with Crippen LogP contribution in [0.2, 0.25) is 0 Å². The van der Waals surface area contributed by atoms with Gasteiger partial charge in [-0.05, 0) is 30.5 Å². The van der Waals surface area contributed by atoms with Gasteiger partial charge in [0.25, 0.3) is 0 Å². The third kappa shape index (κ3) is 3.35. The Morgan fingerprint density at radius 2 is 1.53 bits per heavy atom. The van der Waals surface area contributed by atoms with E-state index in [2.05, 4.69) is 6.92 Å². The van der Waals surface area contributed by atoms with E-state index in [4.69, 9.17) is 5.11 Å². The van der Waals surface area contributed by atoms with Crippen LogP contribution in [0, 0.1) is 0 Å². The topological polar surface area (TPSA) is 60.7 Å². The van der Waals surface area contributed by atoms with Crippen molar-refractivity contribution in [3.63, 3.8) is 0 Å². The normalized spacial score (nSPS) is 10.5. The molecular weight excluding hydrogens is 192 g/mol. The van der Waals surface area contributed by atoms with Crippen molar-refractivity contribution in [2.24, 2.45) is 0 Å². The molecule has 15 heavy (non-hydrogen) atoms. The molecule has 0 amide bonds. The Bertz CT molecular complexity index is 298. The molecule has 0 atom stereocenters. The maximum Gasteiger partial charge on any atom is 0.200 e. The molecule has 84 valence electrons. The van der Waals surface area contributed by atoms with Crippen LogP contribution in [0.3, 0.4) is 0 Å². The lowest BCUT2D eigenvalue weighted by Crippen LogP contribution is -1.86. The second-order valence-corrected chi connectivity index (χ2v) is 3.79. The summed E-state index contributed by atoms with van der Waals surface area (Å²) in [5, 5.41) is 27.7. The van der Waals surface area contributed by atoms with Crippen LogP contribution < -0.4 is 0 Å². The Morgan fingerprint density at radius 1 is 0.933 bits per heavy atom. The molecule has 1 aromatic rings. The van der Waals surface area contributed by atoms with Crippen molar-refractivity contribution in [3.8, 4) is 17.2 Å². The molecule has 3 nitrogen and oxygen atoms in total. The third-order valence-corrected chi connectivity index (χ3v) is 2.45. The van der Waals surface area contributed by atoms with Crippen LogP contribution >= 0.6 is 0 Å². The Labute approximate surface area is 90.0 Å². The first-order valence-electron chi connectivity index (χ1n) is 5.39. The second-order valence-electron chi connectivity index (χ2n) is 3.79. The van der Waals surface area contributed by atoms with E-state index < -0.39 is 5.75 Å². The van der Waals surface area contributed by atoms with Crippen LogP contribution in [-0.4, -0.2) is 15.3 Å². The molecular formula is C12H18O3. The van der Waals surface area contributed by atoms with Crippen LogP contribution in [0.5, 0.6) is 17.2 Å². The zero-order chi connectivity index (χ0) is 11.3. The van der Waals surface area contributed by atoms with Gasteiger partial charge in [-0.15, -0.1) is 0 Å². The van der Waals surface area contributed by atoms with Gasteiger partial charge >= 0.3 is 0 Å². The molecule has 0 fully saturated rings. The van der Waals surface area contributed by atoms with Crippen LogP contribution in [0.15, 0.2) is 12.1 Å². The van der Waals surface area contributed by atoms with Gasteiger partial charge in [-0.25, -0.2) is 0 Å². The summed E-state index contributed by atoms with van der Waals surface area (Å²) in [6.07, 6.45) is 5.40. The number of phenols is 3. The first-order chi connectivity index (χ1) is 7.15. The lowest BCUT2D eigenvalue weighted by molar-refractivity contribution is 0.367. The highest BCUT2D eigenvalue weighted by atomic mass is 16.3. The van der Waals surface area contributed by atoms with Gasteiger partial charge in [0.05, 0.1) is 0 Å². The summed E-state index contributed by atoms with van der Waals surface area (Å²) in [5.41, 5.74) is 0.860. The van der Waals surface area contributed by atoms with Crippen molar-refractivity contribution in [2.75, 3.05) is 0 Å². The van der Waals surface area contributed by atoms with Crippen LogP contribution in [0.1, 0.15) is 38.2 Å². The van der Waals surface area contributed by atoms with Crippen LogP contribution in [-0.2, 0) is 6.42 Å². The van der Waals surface area contributed by atoms with Gasteiger partial charge in [0.1, 0.15) is 0 Å². The highest BCUT2D eigenvalue weighted by Gasteiger charge is 2.07. The maximum atomic E-state index is 9.27. The van der Waals surface area contributed by atoms with E-state index in [1.165, 1.54) is 25.0 Å². The molecule has 1 rings (SSSR count). The van der Waals surface area contributed by atoms with Gasteiger partial charge in [0.2, 0.25) is 0 Å². The van der Waals surface area contributed by atoms with Gasteiger partial charge in [-0.3, -0.25) is 0 Å². The van der Waals surface area contributed by atoms with E-state index in [1.807, 2.05) is 0 Å². The fourth-order valence-corrected chi connectivity index (χ4v) is 1.56. The summed E-state index contributed by atoms with van der Waals surface area (Å²) in [5.74, 6) is -0.937. The number of aromatic hydroxyl groups is 3. The van der Waals surface area contributed by atoms with Crippen molar-refractivity contribution in [3.05, 3.63) is 17.7 Å². The average Bonchev–Trinajstić information content (AvgIpc) is 2.21. The van der Waals surface area contributed by atoms with Gasteiger partial charge in [0.15, 0.2) is 17.2 Å². The molecule has 0 saturated carbocycles. The third-order valence-electron chi connectivity index (χ3n) is 2.45. The molecule has 0 heterocycles. The first kappa shape index (κ1) is 11.7. The summed E-state index contributed by atoms with van der Waals surface area (Å²) >= 11 is 0. The van der Waals surface area contributed by atoms with E-state index in [9.17, 15) is 10.2 Å². The first-order valence-corrected chi connectivity index (χ1v) is 5.39. The molecule has 0 radical (unpaired) electrons. The van der Waals surface area contributed by atoms with Crippen molar-refractivity contribution in [2.45, 2.75) is 39.0 Å². The Balaban J connectivity index is 2.55. The molecule has 0 spiro atoms. The predicted octanol–water partition coefficient (Wildman–Crippen LogP) is 2.93. The minimum atomic E-state index is -0.438. The summed E-state index contributed by atoms with van der Waals surface area (Å²) in [6.45, 7) is 2.15. The lowest BCUT2D eigenvalue weighted by atomic mass is 10.1. The molecule has 0 unspecified atom stereocenters. The summed E-state index contributed by atoms with van der Waals surface area (Å²) in [6, 6.07) is 3.00. The van der Waals surface area contributed by atoms with Gasteiger partial charge in [-0.2, -0.15) is 0 Å². The molecule has 0 aliphatic rings. The molecule has 0 bridgehead atoms. The quantitative estimate of drug-likeness (QED) is 0.517. The molecule has 1 aromatic carbocycles. The standard InChI is InChI=1S/C12H18O3/c1-2-3-4-5-6-9-7-10(13)12(15)11(14)8-9/h7-8,13-15H,2-6H2,1H3. The number of hydrogen-bond donors (Lipinski definition) is 3. The second kappa shape index (κ2) is 5.49. The van der Waals surface area contributed by atoms with Crippen molar-refractivity contribution < 1.29 is 15.3 Å². The molecule has 0 saturated heterocycles. The number of benzene rings is 1. The molecule has 3 heteroatoms. The van der Waals surface area contributed by atoms with E-state index in [-0.39, 0.29) is 11.5 Å². The number of aryl methyl sites for hydroxylation is 1. The zero-order valence-electron chi connectivity index (χ0n) is 9.03. The number of rotatable bonds is 5. The molecule has 0 aliphatic heterocycles. The van der Waals surface area contributed by atoms with Gasteiger partial charge in [-0.1, -0.05) is 26.2 Å². The Kier molecular flexibility index (Phi) is 4.28. The van der Waals surface area contributed by atoms with Crippen molar-refractivity contribution in [1.29, 1.82) is 0 Å². The van der Waals surface area contributed by atoms with E-state index in [0.717, 1.165) is 24.8 Å². The SMILES string of the molecule is CCCCCCc1cc(O)c(O)c(O)c1. The number of hydrogen-bond acceptors (Lipinski definition) is 3. The van der Waals surface area contributed by atoms with E-state index in [0.29, 0.717) is 0 Å². The summed E-state index contributed by atoms with van der Waals surface area (Å²) in [4.78, 5) is 0. The van der Waals surface area contributed by atoms with E-state index in [1.54, 1.807) is 0 Å². The van der Waals surface area contributed by atoms with E-state index >= 15 is 0 Å². The predicted molar refractivity (Wildman–Crippen MR) is 59.3 cm³/mol. The minimum absolute atomic E-state index is 0.250. The van der Waals surface area contributed by atoms with Crippen LogP contribution in [0.4, 0.5) is 0 Å². The highest BCUT2D eigenvalue weighted by molar-refractivity contribution is 5.51. The highest BCUT2D eigenvalue weighted by Crippen LogP contribution is 2.35. The fraction of sp³-hybridized carbons (Fsp3) is 0.500.